The Labute approximate surface area is 88.6 Å². The number of hydrogen-bond donors (Lipinski definition) is 0. The Morgan fingerprint density at radius 1 is 1.00 bits per heavy atom. The van der Waals surface area contributed by atoms with Gasteiger partial charge in [0.2, 0.25) is 6.01 Å². The normalized spacial score (nSPS) is 12.9. The van der Waals surface area contributed by atoms with Gasteiger partial charge < -0.3 is 0 Å². The second kappa shape index (κ2) is 6.36. The van der Waals surface area contributed by atoms with Gasteiger partial charge in [-0.1, -0.05) is 0 Å². The van der Waals surface area contributed by atoms with Crippen LogP contribution < -0.4 is 0 Å². The van der Waals surface area contributed by atoms with Crippen LogP contribution in [0.3, 0.4) is 0 Å². The zero-order valence-corrected chi connectivity index (χ0v) is 9.81. The third kappa shape index (κ3) is 10.0. The number of alkyl halides is 1. The molecule has 0 aliphatic heterocycles. The maximum atomic E-state index is 11.7. The molecule has 0 atom stereocenters. The maximum absolute atomic E-state index is 11.7. The van der Waals surface area contributed by atoms with Crippen molar-refractivity contribution in [3.05, 3.63) is 0 Å². The summed E-state index contributed by atoms with van der Waals surface area (Å²) in [6.45, 7) is -0.225. The highest BCUT2D eigenvalue weighted by Gasteiger charge is 2.09. The Morgan fingerprint density at radius 2 is 1.47 bits per heavy atom. The first kappa shape index (κ1) is 14.8. The molecular formula is C6H13FO6S2. The summed E-state index contributed by atoms with van der Waals surface area (Å²) in [4.78, 5) is 0. The van der Waals surface area contributed by atoms with E-state index < -0.39 is 26.2 Å². The summed E-state index contributed by atoms with van der Waals surface area (Å²) in [5, 5.41) is 0. The van der Waals surface area contributed by atoms with Crippen molar-refractivity contribution < 1.29 is 29.6 Å². The SMILES string of the molecule is CS(=O)(=O)OCCCCOS(=O)(=O)CF. The number of hydrogen-bond acceptors (Lipinski definition) is 6. The van der Waals surface area contributed by atoms with Gasteiger partial charge in [-0.05, 0) is 12.8 Å². The fourth-order valence-electron chi connectivity index (χ4n) is 0.632. The predicted octanol–water partition coefficient (Wildman–Crippen LogP) is 0.0162. The van der Waals surface area contributed by atoms with Crippen molar-refractivity contribution in [3.8, 4) is 0 Å². The molecule has 0 amide bonds. The molecule has 0 spiro atoms. The maximum Gasteiger partial charge on any atom is 0.297 e. The van der Waals surface area contributed by atoms with E-state index in [1.165, 1.54) is 0 Å². The Bertz CT molecular complexity index is 359. The Hall–Kier alpha value is -0.250. The summed E-state index contributed by atoms with van der Waals surface area (Å²) in [5.74, 6) is 0. The highest BCUT2D eigenvalue weighted by Crippen LogP contribution is 1.99. The summed E-state index contributed by atoms with van der Waals surface area (Å²) in [6, 6.07) is -1.56. The molecule has 0 N–H and O–H groups in total. The molecule has 0 saturated carbocycles. The van der Waals surface area contributed by atoms with Gasteiger partial charge in [0.1, 0.15) is 0 Å². The van der Waals surface area contributed by atoms with Crippen LogP contribution in [0.1, 0.15) is 12.8 Å². The van der Waals surface area contributed by atoms with Crippen molar-refractivity contribution in [2.45, 2.75) is 12.8 Å². The van der Waals surface area contributed by atoms with Crippen molar-refractivity contribution in [3.63, 3.8) is 0 Å². The zero-order valence-electron chi connectivity index (χ0n) is 8.18. The lowest BCUT2D eigenvalue weighted by Gasteiger charge is -2.02. The lowest BCUT2D eigenvalue weighted by Crippen LogP contribution is -2.09. The van der Waals surface area contributed by atoms with Crippen LogP contribution in [0.25, 0.3) is 0 Å². The molecular weight excluding hydrogens is 251 g/mol. The summed E-state index contributed by atoms with van der Waals surface area (Å²) in [6.07, 6.45) is 1.50. The molecule has 92 valence electrons. The zero-order chi connectivity index (χ0) is 11.9. The van der Waals surface area contributed by atoms with Crippen LogP contribution in [0.2, 0.25) is 0 Å². The average molecular weight is 264 g/mol. The molecule has 15 heavy (non-hydrogen) atoms. The molecule has 0 aromatic heterocycles. The first-order chi connectivity index (χ1) is 6.77. The first-order valence-electron chi connectivity index (χ1n) is 4.04. The van der Waals surface area contributed by atoms with Gasteiger partial charge in [0.15, 0.2) is 0 Å². The smallest absolute Gasteiger partial charge is 0.270 e. The fraction of sp³-hybridized carbons (Fsp3) is 1.00. The van der Waals surface area contributed by atoms with Gasteiger partial charge in [-0.15, -0.1) is 0 Å². The molecule has 9 heteroatoms. The van der Waals surface area contributed by atoms with Gasteiger partial charge in [0, 0.05) is 0 Å². The Morgan fingerprint density at radius 3 is 1.87 bits per heavy atom. The summed E-state index contributed by atoms with van der Waals surface area (Å²) >= 11 is 0. The van der Waals surface area contributed by atoms with Crippen LogP contribution in [-0.2, 0) is 28.6 Å². The summed E-state index contributed by atoms with van der Waals surface area (Å²) in [5.41, 5.74) is 0. The van der Waals surface area contributed by atoms with E-state index in [9.17, 15) is 21.2 Å². The lowest BCUT2D eigenvalue weighted by atomic mass is 10.3. The molecule has 0 aliphatic carbocycles. The van der Waals surface area contributed by atoms with E-state index in [1.54, 1.807) is 0 Å². The molecule has 0 saturated heterocycles. The molecule has 0 aromatic carbocycles. The minimum Gasteiger partial charge on any atom is -0.270 e. The molecule has 0 unspecified atom stereocenters. The average Bonchev–Trinajstić information content (AvgIpc) is 2.09. The molecule has 0 heterocycles. The molecule has 0 rings (SSSR count). The number of rotatable bonds is 8. The molecule has 0 radical (unpaired) electrons. The van der Waals surface area contributed by atoms with Gasteiger partial charge in [-0.2, -0.15) is 16.8 Å². The van der Waals surface area contributed by atoms with Gasteiger partial charge in [0.05, 0.1) is 19.5 Å². The molecule has 0 fully saturated rings. The Balaban J connectivity index is 3.50. The standard InChI is InChI=1S/C6H13FO6S2/c1-14(8,9)12-4-2-3-5-13-15(10,11)6-7/h2-6H2,1H3. The van der Waals surface area contributed by atoms with E-state index in [0.29, 0.717) is 6.42 Å². The van der Waals surface area contributed by atoms with Gasteiger partial charge in [-0.3, -0.25) is 8.37 Å². The van der Waals surface area contributed by atoms with Crippen molar-refractivity contribution in [2.24, 2.45) is 0 Å². The second-order valence-electron chi connectivity index (χ2n) is 2.72. The minimum atomic E-state index is -4.06. The highest BCUT2D eigenvalue weighted by molar-refractivity contribution is 7.86. The minimum absolute atomic E-state index is 0.0438. The van der Waals surface area contributed by atoms with E-state index in [2.05, 4.69) is 8.37 Å². The summed E-state index contributed by atoms with van der Waals surface area (Å²) in [7, 11) is -7.52. The van der Waals surface area contributed by atoms with E-state index >= 15 is 0 Å². The second-order valence-corrected chi connectivity index (χ2v) is 5.94. The molecule has 0 aliphatic rings. The molecule has 0 bridgehead atoms. The van der Waals surface area contributed by atoms with Crippen LogP contribution >= 0.6 is 0 Å². The number of unbranched alkanes of at least 4 members (excludes halogenated alkanes) is 1. The van der Waals surface area contributed by atoms with Crippen molar-refractivity contribution in [2.75, 3.05) is 25.5 Å². The van der Waals surface area contributed by atoms with E-state index in [0.717, 1.165) is 6.26 Å². The highest BCUT2D eigenvalue weighted by atomic mass is 32.2. The van der Waals surface area contributed by atoms with E-state index in [-0.39, 0.29) is 19.6 Å². The van der Waals surface area contributed by atoms with E-state index in [4.69, 9.17) is 0 Å². The van der Waals surface area contributed by atoms with Crippen LogP contribution in [0.5, 0.6) is 0 Å². The van der Waals surface area contributed by atoms with Gasteiger partial charge >= 0.3 is 0 Å². The van der Waals surface area contributed by atoms with Gasteiger partial charge in [-0.25, -0.2) is 4.39 Å². The third-order valence-corrected chi connectivity index (χ3v) is 2.62. The fourth-order valence-corrected chi connectivity index (χ4v) is 1.49. The Kier molecular flexibility index (Phi) is 6.25. The van der Waals surface area contributed by atoms with Gasteiger partial charge in [0.25, 0.3) is 20.2 Å². The van der Waals surface area contributed by atoms with E-state index in [1.807, 2.05) is 0 Å². The van der Waals surface area contributed by atoms with Crippen LogP contribution in [-0.4, -0.2) is 42.3 Å². The molecule has 0 aromatic rings. The predicted molar refractivity (Wildman–Crippen MR) is 50.9 cm³/mol. The summed E-state index contributed by atoms with van der Waals surface area (Å²) < 4.78 is 62.1. The van der Waals surface area contributed by atoms with Crippen LogP contribution in [0.4, 0.5) is 4.39 Å². The van der Waals surface area contributed by atoms with Crippen molar-refractivity contribution in [1.82, 2.24) is 0 Å². The largest absolute Gasteiger partial charge is 0.297 e. The topological polar surface area (TPSA) is 86.7 Å². The number of halogens is 1. The van der Waals surface area contributed by atoms with Crippen LogP contribution in [0, 0.1) is 0 Å². The lowest BCUT2D eigenvalue weighted by molar-refractivity contribution is 0.268. The van der Waals surface area contributed by atoms with Crippen molar-refractivity contribution in [1.29, 1.82) is 0 Å². The monoisotopic (exact) mass is 264 g/mol. The first-order valence-corrected chi connectivity index (χ1v) is 7.44. The van der Waals surface area contributed by atoms with Crippen LogP contribution in [0.15, 0.2) is 0 Å². The third-order valence-electron chi connectivity index (χ3n) is 1.23. The molecule has 6 nitrogen and oxygen atoms in total. The quantitative estimate of drug-likeness (QED) is 0.453. The van der Waals surface area contributed by atoms with Crippen molar-refractivity contribution >= 4 is 20.2 Å².